The molecule has 0 radical (unpaired) electrons. The summed E-state index contributed by atoms with van der Waals surface area (Å²) in [5.41, 5.74) is 0.333. The Hall–Kier alpha value is -1.63. The Labute approximate surface area is 114 Å². The highest BCUT2D eigenvalue weighted by Gasteiger charge is 2.28. The SMILES string of the molecule is COC(=O)C(O)C(O)c1cc(Cl)ccc1CC(=O)O. The van der Waals surface area contributed by atoms with Gasteiger partial charge in [0.25, 0.3) is 0 Å². The maximum absolute atomic E-state index is 11.2. The Morgan fingerprint density at radius 3 is 2.53 bits per heavy atom. The highest BCUT2D eigenvalue weighted by molar-refractivity contribution is 6.30. The smallest absolute Gasteiger partial charge is 0.337 e. The largest absolute Gasteiger partial charge is 0.481 e. The van der Waals surface area contributed by atoms with E-state index in [0.29, 0.717) is 0 Å². The van der Waals surface area contributed by atoms with Gasteiger partial charge >= 0.3 is 11.9 Å². The van der Waals surface area contributed by atoms with Crippen molar-refractivity contribution >= 4 is 23.5 Å². The number of aliphatic hydroxyl groups is 2. The predicted octanol–water partition coefficient (Wildman–Crippen LogP) is 0.534. The summed E-state index contributed by atoms with van der Waals surface area (Å²) in [6.45, 7) is 0. The number of rotatable bonds is 5. The van der Waals surface area contributed by atoms with Gasteiger partial charge < -0.3 is 20.1 Å². The first-order valence-corrected chi connectivity index (χ1v) is 5.68. The highest BCUT2D eigenvalue weighted by Crippen LogP contribution is 2.26. The van der Waals surface area contributed by atoms with E-state index < -0.39 is 24.1 Å². The Balaban J connectivity index is 3.12. The fraction of sp³-hybridized carbons (Fsp3) is 0.333. The molecule has 19 heavy (non-hydrogen) atoms. The first-order chi connectivity index (χ1) is 8.86. The summed E-state index contributed by atoms with van der Waals surface area (Å²) in [5, 5.41) is 28.5. The molecule has 0 heterocycles. The topological polar surface area (TPSA) is 104 Å². The second kappa shape index (κ2) is 6.51. The van der Waals surface area contributed by atoms with Gasteiger partial charge in [-0.2, -0.15) is 0 Å². The number of aliphatic hydroxyl groups excluding tert-OH is 2. The molecule has 0 spiro atoms. The highest BCUT2D eigenvalue weighted by atomic mass is 35.5. The van der Waals surface area contributed by atoms with Crippen LogP contribution in [0.15, 0.2) is 18.2 Å². The Morgan fingerprint density at radius 1 is 1.37 bits per heavy atom. The number of carbonyl (C=O) groups is 2. The molecule has 0 aliphatic rings. The predicted molar refractivity (Wildman–Crippen MR) is 65.8 cm³/mol. The number of carbonyl (C=O) groups excluding carboxylic acids is 1. The van der Waals surface area contributed by atoms with E-state index in [9.17, 15) is 19.8 Å². The summed E-state index contributed by atoms with van der Waals surface area (Å²) in [6, 6.07) is 4.18. The van der Waals surface area contributed by atoms with Crippen LogP contribution < -0.4 is 0 Å². The van der Waals surface area contributed by atoms with Crippen LogP contribution in [0.2, 0.25) is 5.02 Å². The van der Waals surface area contributed by atoms with Gasteiger partial charge in [-0.3, -0.25) is 4.79 Å². The average Bonchev–Trinajstić information content (AvgIpc) is 2.37. The number of hydrogen-bond acceptors (Lipinski definition) is 5. The van der Waals surface area contributed by atoms with Crippen molar-refractivity contribution in [3.63, 3.8) is 0 Å². The first-order valence-electron chi connectivity index (χ1n) is 5.31. The first kappa shape index (κ1) is 15.4. The van der Waals surface area contributed by atoms with Crippen molar-refractivity contribution in [2.45, 2.75) is 18.6 Å². The van der Waals surface area contributed by atoms with E-state index in [1.54, 1.807) is 0 Å². The number of ether oxygens (including phenoxy) is 1. The molecule has 104 valence electrons. The van der Waals surface area contributed by atoms with Crippen molar-refractivity contribution < 1.29 is 29.6 Å². The van der Waals surface area contributed by atoms with Gasteiger partial charge in [-0.25, -0.2) is 4.79 Å². The van der Waals surface area contributed by atoms with Crippen LogP contribution in [0.4, 0.5) is 0 Å². The molecule has 0 amide bonds. The molecule has 7 heteroatoms. The molecule has 1 aromatic carbocycles. The third-order valence-electron chi connectivity index (χ3n) is 2.51. The molecule has 3 N–H and O–H groups in total. The molecule has 2 atom stereocenters. The lowest BCUT2D eigenvalue weighted by molar-refractivity contribution is -0.156. The van der Waals surface area contributed by atoms with Crippen LogP contribution in [-0.4, -0.2) is 40.5 Å². The van der Waals surface area contributed by atoms with E-state index in [1.807, 2.05) is 0 Å². The Kier molecular flexibility index (Phi) is 5.29. The molecule has 1 rings (SSSR count). The van der Waals surface area contributed by atoms with Crippen molar-refractivity contribution in [2.24, 2.45) is 0 Å². The lowest BCUT2D eigenvalue weighted by atomic mass is 9.96. The molecule has 6 nitrogen and oxygen atoms in total. The van der Waals surface area contributed by atoms with Crippen LogP contribution in [0.3, 0.4) is 0 Å². The van der Waals surface area contributed by atoms with Crippen LogP contribution in [0.5, 0.6) is 0 Å². The van der Waals surface area contributed by atoms with Crippen LogP contribution in [0.1, 0.15) is 17.2 Å². The quantitative estimate of drug-likeness (QED) is 0.683. The van der Waals surface area contributed by atoms with Gasteiger partial charge in [-0.05, 0) is 23.3 Å². The van der Waals surface area contributed by atoms with Crippen LogP contribution >= 0.6 is 11.6 Å². The van der Waals surface area contributed by atoms with E-state index in [1.165, 1.54) is 18.2 Å². The van der Waals surface area contributed by atoms with Crippen LogP contribution in [0, 0.1) is 0 Å². The third-order valence-corrected chi connectivity index (χ3v) is 2.75. The number of hydrogen-bond donors (Lipinski definition) is 3. The monoisotopic (exact) mass is 288 g/mol. The molecule has 0 saturated heterocycles. The fourth-order valence-corrected chi connectivity index (χ4v) is 1.77. The van der Waals surface area contributed by atoms with Gasteiger partial charge in [-0.1, -0.05) is 17.7 Å². The average molecular weight is 289 g/mol. The van der Waals surface area contributed by atoms with Crippen molar-refractivity contribution in [2.75, 3.05) is 7.11 Å². The molecule has 2 unspecified atom stereocenters. The zero-order chi connectivity index (χ0) is 14.6. The number of benzene rings is 1. The minimum Gasteiger partial charge on any atom is -0.481 e. The zero-order valence-electron chi connectivity index (χ0n) is 10.0. The molecular formula is C12H13ClO6. The molecule has 0 aliphatic heterocycles. The lowest BCUT2D eigenvalue weighted by Crippen LogP contribution is -2.29. The number of aliphatic carboxylic acids is 1. The van der Waals surface area contributed by atoms with E-state index in [-0.39, 0.29) is 22.6 Å². The van der Waals surface area contributed by atoms with Crippen LogP contribution in [-0.2, 0) is 20.7 Å². The van der Waals surface area contributed by atoms with Crippen molar-refractivity contribution in [1.29, 1.82) is 0 Å². The summed E-state index contributed by atoms with van der Waals surface area (Å²) in [6.07, 6.45) is -3.78. The summed E-state index contributed by atoms with van der Waals surface area (Å²) in [4.78, 5) is 21.9. The van der Waals surface area contributed by atoms with E-state index in [0.717, 1.165) is 7.11 Å². The minimum absolute atomic E-state index is 0.0767. The Bertz CT molecular complexity index is 487. The molecule has 0 aromatic heterocycles. The second-order valence-corrected chi connectivity index (χ2v) is 4.26. The molecular weight excluding hydrogens is 276 g/mol. The fourth-order valence-electron chi connectivity index (χ4n) is 1.58. The van der Waals surface area contributed by atoms with Crippen molar-refractivity contribution in [3.05, 3.63) is 34.3 Å². The molecule has 1 aromatic rings. The number of carboxylic acids is 1. The van der Waals surface area contributed by atoms with Crippen molar-refractivity contribution in [1.82, 2.24) is 0 Å². The summed E-state index contributed by atoms with van der Waals surface area (Å²) >= 11 is 5.76. The van der Waals surface area contributed by atoms with Gasteiger partial charge in [0.2, 0.25) is 0 Å². The van der Waals surface area contributed by atoms with Gasteiger partial charge in [0.15, 0.2) is 6.10 Å². The normalized spacial score (nSPS) is 13.7. The van der Waals surface area contributed by atoms with E-state index in [4.69, 9.17) is 16.7 Å². The standard InChI is InChI=1S/C12H13ClO6/c1-19-12(18)11(17)10(16)8-5-7(13)3-2-6(8)4-9(14)15/h2-3,5,10-11,16-17H,4H2,1H3,(H,14,15). The summed E-state index contributed by atoms with van der Waals surface area (Å²) in [7, 11) is 1.06. The molecule has 0 fully saturated rings. The van der Waals surface area contributed by atoms with Gasteiger partial charge in [0, 0.05) is 5.02 Å². The van der Waals surface area contributed by atoms with Gasteiger partial charge in [0.1, 0.15) is 6.10 Å². The molecule has 0 bridgehead atoms. The van der Waals surface area contributed by atoms with Crippen molar-refractivity contribution in [3.8, 4) is 0 Å². The maximum Gasteiger partial charge on any atom is 0.337 e. The number of carboxylic acid groups (broad SMARTS) is 1. The third kappa shape index (κ3) is 3.92. The number of halogens is 1. The number of methoxy groups -OCH3 is 1. The molecule has 0 saturated carbocycles. The zero-order valence-corrected chi connectivity index (χ0v) is 10.8. The molecule has 0 aliphatic carbocycles. The van der Waals surface area contributed by atoms with Gasteiger partial charge in [0.05, 0.1) is 13.5 Å². The van der Waals surface area contributed by atoms with Gasteiger partial charge in [-0.15, -0.1) is 0 Å². The number of esters is 1. The minimum atomic E-state index is -1.81. The lowest BCUT2D eigenvalue weighted by Gasteiger charge is -2.19. The Morgan fingerprint density at radius 2 is 2.00 bits per heavy atom. The van der Waals surface area contributed by atoms with E-state index in [2.05, 4.69) is 4.74 Å². The summed E-state index contributed by atoms with van der Waals surface area (Å²) in [5.74, 6) is -2.13. The maximum atomic E-state index is 11.2. The van der Waals surface area contributed by atoms with E-state index >= 15 is 0 Å². The van der Waals surface area contributed by atoms with Crippen LogP contribution in [0.25, 0.3) is 0 Å². The second-order valence-electron chi connectivity index (χ2n) is 3.83. The summed E-state index contributed by atoms with van der Waals surface area (Å²) < 4.78 is 4.31.